The molecule has 0 spiro atoms. The maximum Gasteiger partial charge on any atom is 0.0863 e. The fourth-order valence-corrected chi connectivity index (χ4v) is 1.03. The van der Waals surface area contributed by atoms with Gasteiger partial charge >= 0.3 is 0 Å². The zero-order valence-electron chi connectivity index (χ0n) is 6.08. The van der Waals surface area contributed by atoms with E-state index in [2.05, 4.69) is 0 Å². The van der Waals surface area contributed by atoms with Crippen LogP contribution in [-0.2, 0) is 0 Å². The van der Waals surface area contributed by atoms with E-state index in [0.29, 0.717) is 12.8 Å². The van der Waals surface area contributed by atoms with Gasteiger partial charge in [0.1, 0.15) is 0 Å². The molecule has 1 rings (SSSR count). The highest BCUT2D eigenvalue weighted by atomic mass is 35.5. The molecule has 1 aliphatic carbocycles. The second kappa shape index (κ2) is 3.37. The van der Waals surface area contributed by atoms with Crippen LogP contribution in [0.4, 0.5) is 0 Å². The predicted octanol–water partition coefficient (Wildman–Crippen LogP) is 0.837. The monoisotopic (exact) mass is 163 g/mol. The highest BCUT2D eigenvalue weighted by Crippen LogP contribution is 2.25. The summed E-state index contributed by atoms with van der Waals surface area (Å²) in [6, 6.07) is -0.118. The van der Waals surface area contributed by atoms with Crippen molar-refractivity contribution in [3.05, 3.63) is 12.2 Å². The van der Waals surface area contributed by atoms with Crippen molar-refractivity contribution in [1.82, 2.24) is 0 Å². The Balaban J connectivity index is 0.000000810. The topological polar surface area (TPSA) is 46.2 Å². The third-order valence-electron chi connectivity index (χ3n) is 1.96. The van der Waals surface area contributed by atoms with Crippen LogP contribution >= 0.6 is 12.4 Å². The van der Waals surface area contributed by atoms with Crippen LogP contribution in [0.25, 0.3) is 0 Å². The van der Waals surface area contributed by atoms with Crippen molar-refractivity contribution in [2.45, 2.75) is 31.4 Å². The van der Waals surface area contributed by atoms with E-state index in [1.165, 1.54) is 0 Å². The van der Waals surface area contributed by atoms with E-state index in [1.54, 1.807) is 0 Å². The molecule has 60 valence electrons. The normalized spacial score (nSPS) is 23.9. The molecule has 2 nitrogen and oxygen atoms in total. The molecular weight excluding hydrogens is 150 g/mol. The molecule has 10 heavy (non-hydrogen) atoms. The lowest BCUT2D eigenvalue weighted by Crippen LogP contribution is -2.43. The van der Waals surface area contributed by atoms with Crippen LogP contribution in [0.15, 0.2) is 12.2 Å². The summed E-state index contributed by atoms with van der Waals surface area (Å²) in [6.45, 7) is 1.84. The second-order valence-corrected chi connectivity index (χ2v) is 2.77. The quantitative estimate of drug-likeness (QED) is 0.563. The molecule has 0 aromatic heterocycles. The maximum atomic E-state index is 9.58. The summed E-state index contributed by atoms with van der Waals surface area (Å²) in [6.07, 6.45) is 5.38. The number of nitrogens with two attached hydrogens (primary N) is 1. The summed E-state index contributed by atoms with van der Waals surface area (Å²) in [5, 5.41) is 9.58. The van der Waals surface area contributed by atoms with Gasteiger partial charge in [0.2, 0.25) is 0 Å². The smallest absolute Gasteiger partial charge is 0.0863 e. The zero-order chi connectivity index (χ0) is 6.91. The molecule has 0 amide bonds. The lowest BCUT2D eigenvalue weighted by Gasteiger charge is -2.26. The Kier molecular flexibility index (Phi) is 3.36. The summed E-state index contributed by atoms with van der Waals surface area (Å²) in [4.78, 5) is 0. The predicted molar refractivity (Wildman–Crippen MR) is 44.2 cm³/mol. The largest absolute Gasteiger partial charge is 0.388 e. The molecule has 0 aliphatic heterocycles. The first kappa shape index (κ1) is 9.95. The van der Waals surface area contributed by atoms with E-state index in [4.69, 9.17) is 5.73 Å². The van der Waals surface area contributed by atoms with Crippen LogP contribution < -0.4 is 5.73 Å². The Labute approximate surface area is 67.5 Å². The highest BCUT2D eigenvalue weighted by Gasteiger charge is 2.31. The number of aliphatic hydroxyl groups is 1. The number of halogens is 1. The minimum atomic E-state index is -0.639. The van der Waals surface area contributed by atoms with Crippen LogP contribution in [0.1, 0.15) is 19.8 Å². The van der Waals surface area contributed by atoms with Crippen LogP contribution in [0.5, 0.6) is 0 Å². The number of hydrogen-bond acceptors (Lipinski definition) is 2. The summed E-state index contributed by atoms with van der Waals surface area (Å²) < 4.78 is 0. The summed E-state index contributed by atoms with van der Waals surface area (Å²) in [5.74, 6) is 0. The van der Waals surface area contributed by atoms with Crippen molar-refractivity contribution in [1.29, 1.82) is 0 Å². The highest BCUT2D eigenvalue weighted by molar-refractivity contribution is 5.85. The van der Waals surface area contributed by atoms with Gasteiger partial charge in [0, 0.05) is 6.04 Å². The van der Waals surface area contributed by atoms with Crippen LogP contribution in [0.3, 0.4) is 0 Å². The molecule has 0 saturated heterocycles. The van der Waals surface area contributed by atoms with Gasteiger partial charge in [-0.2, -0.15) is 0 Å². The fourth-order valence-electron chi connectivity index (χ4n) is 1.03. The van der Waals surface area contributed by atoms with E-state index >= 15 is 0 Å². The molecule has 3 heteroatoms. The Morgan fingerprint density at radius 3 is 2.10 bits per heavy atom. The molecule has 1 atom stereocenters. The first-order valence-corrected chi connectivity index (χ1v) is 3.28. The van der Waals surface area contributed by atoms with Crippen molar-refractivity contribution in [2.24, 2.45) is 5.73 Å². The summed E-state index contributed by atoms with van der Waals surface area (Å²) >= 11 is 0. The molecule has 0 fully saturated rings. The molecule has 0 radical (unpaired) electrons. The van der Waals surface area contributed by atoms with Gasteiger partial charge in [0.25, 0.3) is 0 Å². The SMILES string of the molecule is C[C@@H](N)C1(O)CC=CC1.Cl. The van der Waals surface area contributed by atoms with Crippen LogP contribution in [0.2, 0.25) is 0 Å². The Morgan fingerprint density at radius 1 is 1.50 bits per heavy atom. The maximum absolute atomic E-state index is 9.58. The number of hydrogen-bond donors (Lipinski definition) is 2. The van der Waals surface area contributed by atoms with Gasteiger partial charge in [0.05, 0.1) is 5.60 Å². The van der Waals surface area contributed by atoms with Crippen molar-refractivity contribution in [3.63, 3.8) is 0 Å². The first-order chi connectivity index (χ1) is 4.15. The molecule has 0 aromatic carbocycles. The van der Waals surface area contributed by atoms with E-state index in [1.807, 2.05) is 19.1 Å². The van der Waals surface area contributed by atoms with Gasteiger partial charge < -0.3 is 10.8 Å². The Hall–Kier alpha value is -0.0500. The summed E-state index contributed by atoms with van der Waals surface area (Å²) in [7, 11) is 0. The fraction of sp³-hybridized carbons (Fsp3) is 0.714. The van der Waals surface area contributed by atoms with Crippen LogP contribution in [-0.4, -0.2) is 16.7 Å². The van der Waals surface area contributed by atoms with E-state index < -0.39 is 5.60 Å². The Morgan fingerprint density at radius 2 is 1.90 bits per heavy atom. The van der Waals surface area contributed by atoms with Gasteiger partial charge in [-0.1, -0.05) is 12.2 Å². The van der Waals surface area contributed by atoms with Gasteiger partial charge in [-0.15, -0.1) is 12.4 Å². The lowest BCUT2D eigenvalue weighted by atomic mass is 9.94. The molecule has 0 unspecified atom stereocenters. The molecule has 1 aliphatic rings. The average Bonchev–Trinajstić information content (AvgIpc) is 2.16. The number of rotatable bonds is 1. The van der Waals surface area contributed by atoms with Gasteiger partial charge in [-0.3, -0.25) is 0 Å². The van der Waals surface area contributed by atoms with Gasteiger partial charge in [0.15, 0.2) is 0 Å². The van der Waals surface area contributed by atoms with Crippen LogP contribution in [0, 0.1) is 0 Å². The summed E-state index contributed by atoms with van der Waals surface area (Å²) in [5.41, 5.74) is 4.90. The van der Waals surface area contributed by atoms with Crippen molar-refractivity contribution in [3.8, 4) is 0 Å². The van der Waals surface area contributed by atoms with Crippen molar-refractivity contribution < 1.29 is 5.11 Å². The van der Waals surface area contributed by atoms with E-state index in [9.17, 15) is 5.11 Å². The minimum absolute atomic E-state index is 0. The van der Waals surface area contributed by atoms with Crippen molar-refractivity contribution >= 4 is 12.4 Å². The molecule has 0 aromatic rings. The molecular formula is C7H14ClNO. The van der Waals surface area contributed by atoms with Crippen molar-refractivity contribution in [2.75, 3.05) is 0 Å². The third-order valence-corrected chi connectivity index (χ3v) is 1.96. The zero-order valence-corrected chi connectivity index (χ0v) is 6.90. The molecule has 3 N–H and O–H groups in total. The van der Waals surface area contributed by atoms with Gasteiger partial charge in [-0.05, 0) is 19.8 Å². The second-order valence-electron chi connectivity index (χ2n) is 2.77. The first-order valence-electron chi connectivity index (χ1n) is 3.28. The third kappa shape index (κ3) is 1.72. The Bertz CT molecular complexity index is 126. The lowest BCUT2D eigenvalue weighted by molar-refractivity contribution is 0.0326. The van der Waals surface area contributed by atoms with E-state index in [-0.39, 0.29) is 18.4 Å². The molecule has 0 bridgehead atoms. The molecule has 0 saturated carbocycles. The average molecular weight is 164 g/mol. The standard InChI is InChI=1S/C7H13NO.ClH/c1-6(8)7(9)4-2-3-5-7;/h2-3,6,9H,4-5,8H2,1H3;1H/t6-;/m1./s1. The van der Waals surface area contributed by atoms with E-state index in [0.717, 1.165) is 0 Å². The molecule has 0 heterocycles. The minimum Gasteiger partial charge on any atom is -0.388 e. The van der Waals surface area contributed by atoms with Gasteiger partial charge in [-0.25, -0.2) is 0 Å².